The molecule has 0 heterocycles. The lowest BCUT2D eigenvalue weighted by Crippen LogP contribution is -2.58. The van der Waals surface area contributed by atoms with Crippen molar-refractivity contribution in [2.45, 2.75) is 96.1 Å². The van der Waals surface area contributed by atoms with E-state index < -0.39 is 72.5 Å². The van der Waals surface area contributed by atoms with Crippen molar-refractivity contribution in [2.75, 3.05) is 6.61 Å². The maximum absolute atomic E-state index is 13.3. The van der Waals surface area contributed by atoms with Crippen LogP contribution in [0.3, 0.4) is 0 Å². The van der Waals surface area contributed by atoms with Gasteiger partial charge in [0, 0.05) is 18.3 Å². The van der Waals surface area contributed by atoms with Gasteiger partial charge in [-0.3, -0.25) is 24.0 Å². The second-order valence-corrected chi connectivity index (χ2v) is 12.5. The summed E-state index contributed by atoms with van der Waals surface area (Å²) in [6.07, 6.45) is 5.85. The van der Waals surface area contributed by atoms with Crippen molar-refractivity contribution in [3.05, 3.63) is 11.6 Å². The summed E-state index contributed by atoms with van der Waals surface area (Å²) in [4.78, 5) is 71.4. The minimum Gasteiger partial charge on any atom is -0.481 e. The summed E-state index contributed by atoms with van der Waals surface area (Å²) in [7, 11) is 0. The summed E-state index contributed by atoms with van der Waals surface area (Å²) in [6, 6.07) is -1.63. The van der Waals surface area contributed by atoms with E-state index >= 15 is 0 Å². The lowest BCUT2D eigenvalue weighted by molar-refractivity contribution is -0.170. The molecule has 4 N–H and O–H groups in total. The molecule has 0 unspecified atom stereocenters. The highest BCUT2D eigenvalue weighted by Crippen LogP contribution is 2.67. The first-order valence-corrected chi connectivity index (χ1v) is 14.1. The van der Waals surface area contributed by atoms with Gasteiger partial charge in [0.25, 0.3) is 0 Å². The Balaban J connectivity index is 1.33. The molecule has 7 atom stereocenters. The molecular weight excluding hydrogens is 522 g/mol. The molecule has 3 saturated carbocycles. The van der Waals surface area contributed by atoms with Crippen LogP contribution in [-0.2, 0) is 33.5 Å². The zero-order chi connectivity index (χ0) is 29.5. The molecule has 40 heavy (non-hydrogen) atoms. The molecule has 0 saturated heterocycles. The molecule has 1 amide bonds. The Bertz CT molecular complexity index is 1150. The third kappa shape index (κ3) is 5.32. The first-order chi connectivity index (χ1) is 18.7. The Labute approximate surface area is 232 Å². The van der Waals surface area contributed by atoms with Gasteiger partial charge < -0.3 is 25.4 Å². The predicted molar refractivity (Wildman–Crippen MR) is 139 cm³/mol. The lowest BCUT2D eigenvalue weighted by atomic mass is 9.46. The van der Waals surface area contributed by atoms with Crippen molar-refractivity contribution in [1.29, 1.82) is 0 Å². The van der Waals surface area contributed by atoms with E-state index in [0.29, 0.717) is 31.1 Å². The fourth-order valence-corrected chi connectivity index (χ4v) is 8.23. The van der Waals surface area contributed by atoms with Crippen LogP contribution in [0.25, 0.3) is 0 Å². The van der Waals surface area contributed by atoms with Crippen molar-refractivity contribution in [3.8, 4) is 0 Å². The normalized spacial score (nSPS) is 35.3. The molecule has 3 fully saturated rings. The molecule has 11 heteroatoms. The topological polar surface area (TPSA) is 184 Å². The van der Waals surface area contributed by atoms with Gasteiger partial charge in [-0.25, -0.2) is 4.79 Å². The van der Waals surface area contributed by atoms with Crippen molar-refractivity contribution < 1.29 is 48.8 Å². The zero-order valence-corrected chi connectivity index (χ0v) is 23.1. The molecule has 0 aromatic carbocycles. The predicted octanol–water partition coefficient (Wildman–Crippen LogP) is 2.19. The average Bonchev–Trinajstić information content (AvgIpc) is 3.17. The number of ether oxygens (including phenoxy) is 1. The number of rotatable bonds is 10. The average molecular weight is 562 g/mol. The van der Waals surface area contributed by atoms with Gasteiger partial charge in [-0.1, -0.05) is 19.4 Å². The second kappa shape index (κ2) is 11.1. The molecular formula is C29H39NO10. The summed E-state index contributed by atoms with van der Waals surface area (Å²) in [5, 5.41) is 31.5. The van der Waals surface area contributed by atoms with Crippen LogP contribution in [-0.4, -0.2) is 69.0 Å². The first kappa shape index (κ1) is 29.9. The van der Waals surface area contributed by atoms with Gasteiger partial charge in [0.15, 0.2) is 12.4 Å². The maximum atomic E-state index is 13.3. The number of carboxylic acid groups (broad SMARTS) is 2. The number of allylic oxidation sites excluding steroid dienone is 1. The van der Waals surface area contributed by atoms with Gasteiger partial charge in [0.1, 0.15) is 11.6 Å². The number of hydrogen-bond acceptors (Lipinski definition) is 8. The standard InChI is InChI=1S/C29H39NO10/c1-27-10-7-17(31)13-16(27)3-4-18-19(27)8-11-28(2)20(18)9-12-29(28,39)22(32)15-40-25(36)6-5-23(33)30-21(26(37)38)14-24(34)35/h13,18-21,39H,3-12,14-15H2,1-2H3,(H,30,33)(H,34,35)(H,37,38)/t18-,19+,20-,21+,27-,28-,29-/m0/s1. The number of Topliss-reactive ketones (excluding diaryl/α,β-unsaturated/α-hetero) is 1. The molecule has 0 spiro atoms. The van der Waals surface area contributed by atoms with Crippen LogP contribution in [0.4, 0.5) is 0 Å². The molecule has 0 aromatic rings. The smallest absolute Gasteiger partial charge is 0.326 e. The number of aliphatic hydroxyl groups is 1. The molecule has 11 nitrogen and oxygen atoms in total. The molecule has 0 radical (unpaired) electrons. The molecule has 4 aliphatic rings. The molecule has 0 bridgehead atoms. The molecule has 0 aromatic heterocycles. The van der Waals surface area contributed by atoms with Crippen LogP contribution in [0, 0.1) is 28.6 Å². The highest BCUT2D eigenvalue weighted by atomic mass is 16.5. The quantitative estimate of drug-likeness (QED) is 0.288. The number of amides is 1. The lowest BCUT2D eigenvalue weighted by Gasteiger charge is -2.58. The Morgan fingerprint density at radius 3 is 2.38 bits per heavy atom. The van der Waals surface area contributed by atoms with E-state index in [4.69, 9.17) is 14.9 Å². The van der Waals surface area contributed by atoms with E-state index in [1.54, 1.807) is 0 Å². The van der Waals surface area contributed by atoms with Crippen LogP contribution in [0.5, 0.6) is 0 Å². The van der Waals surface area contributed by atoms with Gasteiger partial charge in [0.05, 0.1) is 12.8 Å². The van der Waals surface area contributed by atoms with E-state index in [0.717, 1.165) is 25.7 Å². The van der Waals surface area contributed by atoms with Crippen LogP contribution < -0.4 is 5.32 Å². The molecule has 4 rings (SSSR count). The minimum absolute atomic E-state index is 0.0250. The SMILES string of the molecule is C[C@]12CCC(=O)C=C1CC[C@H]1[C@H]2CC[C@@]2(C)[C@H]1CC[C@]2(O)C(=O)COC(=O)CCC(=O)N[C@H](CC(=O)O)C(=O)O. The number of nitrogens with one attached hydrogen (secondary N) is 1. The molecule has 220 valence electrons. The number of esters is 1. The van der Waals surface area contributed by atoms with E-state index in [1.807, 2.05) is 18.3 Å². The van der Waals surface area contributed by atoms with Crippen molar-refractivity contribution in [1.82, 2.24) is 5.32 Å². The highest BCUT2D eigenvalue weighted by Gasteiger charge is 2.66. The summed E-state index contributed by atoms with van der Waals surface area (Å²) >= 11 is 0. The number of hydrogen-bond donors (Lipinski definition) is 4. The van der Waals surface area contributed by atoms with E-state index in [9.17, 15) is 33.9 Å². The van der Waals surface area contributed by atoms with Gasteiger partial charge >= 0.3 is 17.9 Å². The zero-order valence-electron chi connectivity index (χ0n) is 23.1. The van der Waals surface area contributed by atoms with Crippen molar-refractivity contribution >= 4 is 35.4 Å². The second-order valence-electron chi connectivity index (χ2n) is 12.5. The van der Waals surface area contributed by atoms with Gasteiger partial charge in [0.2, 0.25) is 11.7 Å². The van der Waals surface area contributed by atoms with Crippen molar-refractivity contribution in [3.63, 3.8) is 0 Å². The van der Waals surface area contributed by atoms with Crippen molar-refractivity contribution in [2.24, 2.45) is 28.6 Å². The summed E-state index contributed by atoms with van der Waals surface area (Å²) in [5.74, 6) is -4.08. The van der Waals surface area contributed by atoms with Crippen LogP contribution in [0.15, 0.2) is 11.6 Å². The van der Waals surface area contributed by atoms with E-state index in [2.05, 4.69) is 6.92 Å². The fraction of sp³-hybridized carbons (Fsp3) is 0.724. The summed E-state index contributed by atoms with van der Waals surface area (Å²) < 4.78 is 5.10. The highest BCUT2D eigenvalue weighted by molar-refractivity contribution is 5.92. The fourth-order valence-electron chi connectivity index (χ4n) is 8.23. The Hall–Kier alpha value is -3.08. The van der Waals surface area contributed by atoms with Gasteiger partial charge in [-0.2, -0.15) is 0 Å². The van der Waals surface area contributed by atoms with Crippen LogP contribution in [0.1, 0.15) is 84.5 Å². The third-order valence-electron chi connectivity index (χ3n) is 10.5. The monoisotopic (exact) mass is 561 g/mol. The third-order valence-corrected chi connectivity index (χ3v) is 10.5. The Morgan fingerprint density at radius 1 is 1.00 bits per heavy atom. The number of carbonyl (C=O) groups excluding carboxylic acids is 4. The van der Waals surface area contributed by atoms with Gasteiger partial charge in [-0.05, 0) is 74.2 Å². The largest absolute Gasteiger partial charge is 0.481 e. The van der Waals surface area contributed by atoms with E-state index in [-0.39, 0.29) is 23.5 Å². The number of carboxylic acids is 2. The van der Waals surface area contributed by atoms with Crippen LogP contribution in [0.2, 0.25) is 0 Å². The maximum Gasteiger partial charge on any atom is 0.326 e. The number of aliphatic carboxylic acids is 2. The molecule has 0 aliphatic heterocycles. The minimum atomic E-state index is -1.63. The number of ketones is 2. The number of fused-ring (bicyclic) bond motifs is 5. The van der Waals surface area contributed by atoms with Gasteiger partial charge in [-0.15, -0.1) is 0 Å². The summed E-state index contributed by atoms with van der Waals surface area (Å²) in [5.41, 5.74) is -1.07. The molecule has 4 aliphatic carbocycles. The van der Waals surface area contributed by atoms with Crippen LogP contribution >= 0.6 is 0 Å². The first-order valence-electron chi connectivity index (χ1n) is 14.1. The van der Waals surface area contributed by atoms with E-state index in [1.165, 1.54) is 5.57 Å². The Kier molecular flexibility index (Phi) is 8.27. The number of carbonyl (C=O) groups is 6. The summed E-state index contributed by atoms with van der Waals surface area (Å²) in [6.45, 7) is 3.61. The Morgan fingerprint density at radius 2 is 1.70 bits per heavy atom.